The minimum atomic E-state index is -1.08. The minimum Gasteiger partial charge on any atom is -0.508 e. The Balaban J connectivity index is 1.15. The Kier molecular flexibility index (Phi) is 10.5. The Hall–Kier alpha value is -4.85. The van der Waals surface area contributed by atoms with E-state index in [4.69, 9.17) is 4.98 Å². The second-order valence-electron chi connectivity index (χ2n) is 14.2. The number of benzene rings is 2. The first kappa shape index (κ1) is 35.5. The van der Waals surface area contributed by atoms with Gasteiger partial charge in [0.1, 0.15) is 29.6 Å². The van der Waals surface area contributed by atoms with Crippen LogP contribution < -0.4 is 4.90 Å². The van der Waals surface area contributed by atoms with Gasteiger partial charge in [0.2, 0.25) is 17.7 Å². The summed E-state index contributed by atoms with van der Waals surface area (Å²) >= 11 is 0. The first-order valence-electron chi connectivity index (χ1n) is 18.1. The average Bonchev–Trinajstić information content (AvgIpc) is 3.11. The lowest BCUT2D eigenvalue weighted by Gasteiger charge is -2.55. The number of hydrazine groups is 1. The molecule has 3 aromatic rings. The smallest absolute Gasteiger partial charge is 0.246 e. The molecule has 1 unspecified atom stereocenters. The molecule has 7 rings (SSSR count). The molecule has 4 aliphatic rings. The van der Waals surface area contributed by atoms with E-state index in [9.17, 15) is 19.5 Å². The number of anilines is 1. The number of aromatic nitrogens is 1. The Morgan fingerprint density at radius 2 is 1.77 bits per heavy atom. The van der Waals surface area contributed by atoms with Crippen LogP contribution in [0.5, 0.6) is 5.75 Å². The van der Waals surface area contributed by atoms with Crippen LogP contribution in [-0.2, 0) is 33.8 Å². The molecule has 1 N–H and O–H groups in total. The number of phenols is 1. The molecule has 0 radical (unpaired) electrons. The third-order valence-corrected chi connectivity index (χ3v) is 10.7. The van der Waals surface area contributed by atoms with Crippen LogP contribution in [0.15, 0.2) is 79.4 Å². The molecule has 274 valence electrons. The Morgan fingerprint density at radius 1 is 1.00 bits per heavy atom. The van der Waals surface area contributed by atoms with E-state index in [0.717, 1.165) is 56.7 Å². The van der Waals surface area contributed by atoms with Crippen molar-refractivity contribution in [2.45, 2.75) is 44.1 Å². The van der Waals surface area contributed by atoms with Gasteiger partial charge in [-0.25, -0.2) is 19.4 Å². The number of phenolic OH excluding ortho intramolecular Hbond substituents is 1. The number of fused-ring (bicyclic) bond motifs is 1. The summed E-state index contributed by atoms with van der Waals surface area (Å²) in [5.74, 6) is -0.928. The molecule has 0 saturated carbocycles. The largest absolute Gasteiger partial charge is 0.508 e. The number of pyridine rings is 1. The molecule has 2 aromatic carbocycles. The second-order valence-corrected chi connectivity index (χ2v) is 14.2. The van der Waals surface area contributed by atoms with Gasteiger partial charge in [0, 0.05) is 70.8 Å². The highest BCUT2D eigenvalue weighted by Gasteiger charge is 2.51. The van der Waals surface area contributed by atoms with E-state index in [0.29, 0.717) is 18.2 Å². The zero-order valence-electron chi connectivity index (χ0n) is 29.7. The standard InChI is InChI=1S/C39H47FN8O4/c1-3-16-46-27-38(51)47-34(21-29-13-14-32(49)22-33(29)40)39(52)45(26-36(47)48(46)37(50)15-12-28-8-5-4-6-9-28)23-30-10-7-11-35(41-30)44-24-31(25-44)43-19-17-42(2)18-20-43/h3-11,13-14,22,31,34,36,49H,1,12,15-21,23-27H2,2H3/t34-,36?/m0/s1. The van der Waals surface area contributed by atoms with E-state index in [-0.39, 0.29) is 68.1 Å². The van der Waals surface area contributed by atoms with Crippen LogP contribution in [0.4, 0.5) is 10.2 Å². The zero-order valence-corrected chi connectivity index (χ0v) is 29.7. The molecule has 4 aliphatic heterocycles. The summed E-state index contributed by atoms with van der Waals surface area (Å²) in [7, 11) is 2.16. The van der Waals surface area contributed by atoms with Crippen molar-refractivity contribution in [3.8, 4) is 5.75 Å². The number of piperazine rings is 2. The number of amides is 3. The van der Waals surface area contributed by atoms with Crippen LogP contribution >= 0.6 is 0 Å². The maximum absolute atomic E-state index is 15.2. The number of aryl methyl sites for hydroxylation is 1. The number of carbonyl (C=O) groups excluding carboxylic acids is 3. The molecule has 2 atom stereocenters. The number of hydrogen-bond acceptors (Lipinski definition) is 9. The van der Waals surface area contributed by atoms with Crippen molar-refractivity contribution in [1.29, 1.82) is 0 Å². The van der Waals surface area contributed by atoms with E-state index in [1.54, 1.807) is 21.0 Å². The normalized spacial score (nSPS) is 22.0. The average molecular weight is 711 g/mol. The van der Waals surface area contributed by atoms with Gasteiger partial charge in [-0.05, 0) is 42.8 Å². The highest BCUT2D eigenvalue weighted by Crippen LogP contribution is 2.31. The van der Waals surface area contributed by atoms with Crippen molar-refractivity contribution in [2.75, 3.05) is 70.9 Å². The maximum Gasteiger partial charge on any atom is 0.246 e. The summed E-state index contributed by atoms with van der Waals surface area (Å²) in [5.41, 5.74) is 1.89. The van der Waals surface area contributed by atoms with Gasteiger partial charge < -0.3 is 24.7 Å². The number of rotatable bonds is 11. The van der Waals surface area contributed by atoms with Crippen LogP contribution in [0.1, 0.15) is 23.2 Å². The van der Waals surface area contributed by atoms with Gasteiger partial charge in [-0.3, -0.25) is 19.3 Å². The topological polar surface area (TPSA) is 107 Å². The number of carbonyl (C=O) groups is 3. The molecular formula is C39H47FN8O4. The van der Waals surface area contributed by atoms with Gasteiger partial charge in [-0.1, -0.05) is 48.5 Å². The number of aromatic hydroxyl groups is 1. The van der Waals surface area contributed by atoms with Crippen molar-refractivity contribution in [2.24, 2.45) is 0 Å². The molecule has 52 heavy (non-hydrogen) atoms. The number of likely N-dealkylation sites (N-methyl/N-ethyl adjacent to an activating group) is 1. The molecule has 12 nitrogen and oxygen atoms in total. The predicted molar refractivity (Wildman–Crippen MR) is 194 cm³/mol. The van der Waals surface area contributed by atoms with E-state index in [1.807, 2.05) is 48.5 Å². The van der Waals surface area contributed by atoms with E-state index < -0.39 is 18.0 Å². The van der Waals surface area contributed by atoms with E-state index in [2.05, 4.69) is 28.3 Å². The van der Waals surface area contributed by atoms with Crippen LogP contribution in [0, 0.1) is 5.82 Å². The Morgan fingerprint density at radius 3 is 2.50 bits per heavy atom. The molecule has 0 aliphatic carbocycles. The third-order valence-electron chi connectivity index (χ3n) is 10.7. The summed E-state index contributed by atoms with van der Waals surface area (Å²) in [4.78, 5) is 57.7. The Bertz CT molecular complexity index is 1780. The van der Waals surface area contributed by atoms with Crippen molar-refractivity contribution in [1.82, 2.24) is 34.6 Å². The molecule has 0 spiro atoms. The fourth-order valence-corrected chi connectivity index (χ4v) is 7.81. The SMILES string of the molecule is C=CCN1CC(=O)N2C(CN(Cc3cccc(N4CC(N5CCN(C)CC5)C4)n3)C(=O)[C@@H]2Cc2ccc(O)cc2F)N1C(=O)CCc1ccccc1. The lowest BCUT2D eigenvalue weighted by Crippen LogP contribution is -2.76. The quantitative estimate of drug-likeness (QED) is 0.301. The lowest BCUT2D eigenvalue weighted by molar-refractivity contribution is -0.205. The maximum atomic E-state index is 15.2. The van der Waals surface area contributed by atoms with Gasteiger partial charge in [0.25, 0.3) is 0 Å². The summed E-state index contributed by atoms with van der Waals surface area (Å²) in [6, 6.07) is 18.7. The number of nitrogens with zero attached hydrogens (tertiary/aromatic N) is 8. The van der Waals surface area contributed by atoms with E-state index in [1.165, 1.54) is 17.0 Å². The molecule has 4 saturated heterocycles. The summed E-state index contributed by atoms with van der Waals surface area (Å²) in [5, 5.41) is 13.2. The minimum absolute atomic E-state index is 0.0605. The molecule has 0 bridgehead atoms. The van der Waals surface area contributed by atoms with E-state index >= 15 is 4.39 Å². The van der Waals surface area contributed by atoms with Gasteiger partial charge in [-0.15, -0.1) is 6.58 Å². The molecule has 3 amide bonds. The van der Waals surface area contributed by atoms with Crippen LogP contribution in [-0.4, -0.2) is 142 Å². The molecule has 5 heterocycles. The first-order valence-corrected chi connectivity index (χ1v) is 18.1. The number of halogens is 1. The van der Waals surface area contributed by atoms with Gasteiger partial charge in [0.15, 0.2) is 0 Å². The van der Waals surface area contributed by atoms with Crippen molar-refractivity contribution < 1.29 is 23.9 Å². The summed E-state index contributed by atoms with van der Waals surface area (Å²) < 4.78 is 15.2. The van der Waals surface area contributed by atoms with Gasteiger partial charge in [0.05, 0.1) is 25.3 Å². The third kappa shape index (κ3) is 7.52. The summed E-state index contributed by atoms with van der Waals surface area (Å²) in [6.07, 6.45) is 1.40. The summed E-state index contributed by atoms with van der Waals surface area (Å²) in [6.45, 7) is 10.2. The molecule has 1 aromatic heterocycles. The van der Waals surface area contributed by atoms with Crippen LogP contribution in [0.25, 0.3) is 0 Å². The van der Waals surface area contributed by atoms with Crippen LogP contribution in [0.2, 0.25) is 0 Å². The van der Waals surface area contributed by atoms with Gasteiger partial charge in [-0.2, -0.15) is 0 Å². The fourth-order valence-electron chi connectivity index (χ4n) is 7.81. The molecule has 13 heteroatoms. The predicted octanol–water partition coefficient (Wildman–Crippen LogP) is 2.35. The highest BCUT2D eigenvalue weighted by molar-refractivity contribution is 5.92. The van der Waals surface area contributed by atoms with Gasteiger partial charge >= 0.3 is 0 Å². The number of hydrogen-bond donors (Lipinski definition) is 1. The molecular weight excluding hydrogens is 663 g/mol. The zero-order chi connectivity index (χ0) is 36.4. The van der Waals surface area contributed by atoms with Crippen molar-refractivity contribution >= 4 is 23.5 Å². The lowest BCUT2D eigenvalue weighted by atomic mass is 9.97. The highest BCUT2D eigenvalue weighted by atomic mass is 19.1. The monoisotopic (exact) mass is 710 g/mol. The molecule has 4 fully saturated rings. The first-order chi connectivity index (χ1) is 25.2. The second kappa shape index (κ2) is 15.4. The fraction of sp³-hybridized carbons (Fsp3) is 0.436. The Labute approximate surface area is 304 Å². The van der Waals surface area contributed by atoms with Crippen molar-refractivity contribution in [3.05, 3.63) is 102 Å². The van der Waals surface area contributed by atoms with Crippen LogP contribution in [0.3, 0.4) is 0 Å². The van der Waals surface area contributed by atoms with Crippen molar-refractivity contribution in [3.63, 3.8) is 0 Å².